The van der Waals surface area contributed by atoms with Crippen LogP contribution in [0.4, 0.5) is 11.4 Å². The molecule has 130 valence electrons. The fourth-order valence-electron chi connectivity index (χ4n) is 3.41. The van der Waals surface area contributed by atoms with Gasteiger partial charge in [0.05, 0.1) is 16.0 Å². The lowest BCUT2D eigenvalue weighted by atomic mass is 9.86. The fraction of sp³-hybridized carbons (Fsp3) is 0.278. The van der Waals surface area contributed by atoms with E-state index >= 15 is 0 Å². The molecule has 1 N–H and O–H groups in total. The Morgan fingerprint density at radius 3 is 2.68 bits per heavy atom. The molecule has 0 unspecified atom stereocenters. The van der Waals surface area contributed by atoms with Crippen LogP contribution in [0.15, 0.2) is 41.3 Å². The van der Waals surface area contributed by atoms with Gasteiger partial charge < -0.3 is 5.32 Å². The first-order valence-corrected chi connectivity index (χ1v) is 9.80. The zero-order valence-corrected chi connectivity index (χ0v) is 15.4. The highest BCUT2D eigenvalue weighted by Gasteiger charge is 2.40. The second kappa shape index (κ2) is 5.22. The minimum Gasteiger partial charge on any atom is -0.325 e. The molecule has 0 bridgehead atoms. The third kappa shape index (κ3) is 2.35. The maximum absolute atomic E-state index is 13.2. The smallest absolute Gasteiger partial charge is 0.264 e. The second-order valence-corrected chi connectivity index (χ2v) is 9.19. The van der Waals surface area contributed by atoms with Crippen LogP contribution in [0.5, 0.6) is 0 Å². The normalized spacial score (nSPS) is 18.0. The van der Waals surface area contributed by atoms with Crippen LogP contribution >= 0.6 is 11.6 Å². The summed E-state index contributed by atoms with van der Waals surface area (Å²) in [6.07, 6.45) is 0.655. The summed E-state index contributed by atoms with van der Waals surface area (Å²) in [5, 5.41) is 3.30. The summed E-state index contributed by atoms with van der Waals surface area (Å²) in [5.41, 5.74) is 2.20. The number of fused-ring (bicyclic) bond motifs is 2. The van der Waals surface area contributed by atoms with E-state index in [0.717, 1.165) is 5.56 Å². The van der Waals surface area contributed by atoms with Crippen LogP contribution in [0.2, 0.25) is 5.02 Å². The summed E-state index contributed by atoms with van der Waals surface area (Å²) in [5.74, 6) is -0.129. The summed E-state index contributed by atoms with van der Waals surface area (Å²) in [4.78, 5) is 12.3. The predicted molar refractivity (Wildman–Crippen MR) is 97.8 cm³/mol. The number of anilines is 2. The molecule has 2 aliphatic rings. The second-order valence-electron chi connectivity index (χ2n) is 6.89. The van der Waals surface area contributed by atoms with Crippen molar-refractivity contribution in [2.75, 3.05) is 16.2 Å². The number of sulfonamides is 1. The molecule has 1 amide bonds. The average molecular weight is 377 g/mol. The quantitative estimate of drug-likeness (QED) is 0.874. The number of hydrogen-bond acceptors (Lipinski definition) is 3. The summed E-state index contributed by atoms with van der Waals surface area (Å²) in [6.45, 7) is 3.96. The van der Waals surface area contributed by atoms with Crippen LogP contribution < -0.4 is 9.62 Å². The number of nitrogens with zero attached hydrogens (tertiary/aromatic N) is 1. The van der Waals surface area contributed by atoms with Crippen LogP contribution in [0.3, 0.4) is 0 Å². The third-order valence-corrected chi connectivity index (χ3v) is 7.01. The molecule has 2 aliphatic heterocycles. The number of carbonyl (C=O) groups excluding carboxylic acids is 1. The Morgan fingerprint density at radius 2 is 1.92 bits per heavy atom. The Labute approximate surface area is 151 Å². The standard InChI is InChI=1S/C18H17ClN2O3S/c1-18(2)14-10-13(5-6-15(14)20-17(18)22)25(23,24)21-8-7-11-3-4-12(19)9-16(11)21/h3-6,9-10H,7-8H2,1-2H3,(H,20,22). The zero-order valence-electron chi connectivity index (χ0n) is 13.8. The first-order chi connectivity index (χ1) is 11.7. The maximum atomic E-state index is 13.2. The highest BCUT2D eigenvalue weighted by Crippen LogP contribution is 2.40. The predicted octanol–water partition coefficient (Wildman–Crippen LogP) is 3.32. The van der Waals surface area contributed by atoms with Gasteiger partial charge in [-0.25, -0.2) is 8.42 Å². The molecule has 4 rings (SSSR count). The van der Waals surface area contributed by atoms with Crippen molar-refractivity contribution >= 4 is 38.9 Å². The monoisotopic (exact) mass is 376 g/mol. The average Bonchev–Trinajstić information content (AvgIpc) is 3.07. The van der Waals surface area contributed by atoms with Crippen molar-refractivity contribution in [1.29, 1.82) is 0 Å². The van der Waals surface area contributed by atoms with E-state index in [0.29, 0.717) is 34.9 Å². The van der Waals surface area contributed by atoms with Gasteiger partial charge in [0.15, 0.2) is 0 Å². The van der Waals surface area contributed by atoms with Crippen LogP contribution in [-0.2, 0) is 26.7 Å². The van der Waals surface area contributed by atoms with E-state index in [9.17, 15) is 13.2 Å². The molecule has 7 heteroatoms. The van der Waals surface area contributed by atoms with Crippen molar-refractivity contribution < 1.29 is 13.2 Å². The fourth-order valence-corrected chi connectivity index (χ4v) is 5.10. The van der Waals surface area contributed by atoms with Gasteiger partial charge in [-0.2, -0.15) is 0 Å². The molecule has 0 aromatic heterocycles. The molecule has 0 spiro atoms. The lowest BCUT2D eigenvalue weighted by Crippen LogP contribution is -2.30. The highest BCUT2D eigenvalue weighted by molar-refractivity contribution is 7.92. The number of amides is 1. The first-order valence-electron chi connectivity index (χ1n) is 7.98. The van der Waals surface area contributed by atoms with Gasteiger partial charge in [0.1, 0.15) is 0 Å². The van der Waals surface area contributed by atoms with Crippen molar-refractivity contribution in [1.82, 2.24) is 0 Å². The minimum atomic E-state index is -3.72. The van der Waals surface area contributed by atoms with Gasteiger partial charge in [0.25, 0.3) is 10.0 Å². The molecule has 25 heavy (non-hydrogen) atoms. The van der Waals surface area contributed by atoms with E-state index in [2.05, 4.69) is 5.32 Å². The largest absolute Gasteiger partial charge is 0.325 e. The number of hydrogen-bond donors (Lipinski definition) is 1. The van der Waals surface area contributed by atoms with Gasteiger partial charge in [-0.3, -0.25) is 9.10 Å². The lowest BCUT2D eigenvalue weighted by Gasteiger charge is -2.21. The molecule has 0 saturated heterocycles. The number of carbonyl (C=O) groups is 1. The molecule has 2 aromatic rings. The van der Waals surface area contributed by atoms with E-state index in [1.54, 1.807) is 44.2 Å². The van der Waals surface area contributed by atoms with E-state index in [1.165, 1.54) is 4.31 Å². The number of rotatable bonds is 2. The SMILES string of the molecule is CC1(C)C(=O)Nc2ccc(S(=O)(=O)N3CCc4ccc(Cl)cc43)cc21. The number of nitrogens with one attached hydrogen (secondary N) is 1. The van der Waals surface area contributed by atoms with Gasteiger partial charge >= 0.3 is 0 Å². The minimum absolute atomic E-state index is 0.129. The van der Waals surface area contributed by atoms with E-state index in [4.69, 9.17) is 11.6 Å². The molecule has 2 heterocycles. The molecular formula is C18H17ClN2O3S. The Bertz CT molecular complexity index is 1010. The Morgan fingerprint density at radius 1 is 1.16 bits per heavy atom. The van der Waals surface area contributed by atoms with E-state index in [-0.39, 0.29) is 10.8 Å². The van der Waals surface area contributed by atoms with Gasteiger partial charge in [-0.1, -0.05) is 17.7 Å². The van der Waals surface area contributed by atoms with Crippen LogP contribution in [-0.4, -0.2) is 20.9 Å². The zero-order chi connectivity index (χ0) is 18.0. The summed E-state index contributed by atoms with van der Waals surface area (Å²) in [7, 11) is -3.72. The van der Waals surface area contributed by atoms with Gasteiger partial charge in [0.2, 0.25) is 5.91 Å². The lowest BCUT2D eigenvalue weighted by molar-refractivity contribution is -0.119. The van der Waals surface area contributed by atoms with E-state index < -0.39 is 15.4 Å². The van der Waals surface area contributed by atoms with Crippen LogP contribution in [0.25, 0.3) is 0 Å². The summed E-state index contributed by atoms with van der Waals surface area (Å²) >= 11 is 6.05. The Hall–Kier alpha value is -2.05. The molecule has 0 atom stereocenters. The maximum Gasteiger partial charge on any atom is 0.264 e. The molecule has 5 nitrogen and oxygen atoms in total. The van der Waals surface area contributed by atoms with Crippen molar-refractivity contribution in [2.24, 2.45) is 0 Å². The van der Waals surface area contributed by atoms with Crippen LogP contribution in [0.1, 0.15) is 25.0 Å². The van der Waals surface area contributed by atoms with Gasteiger partial charge in [0, 0.05) is 17.3 Å². The highest BCUT2D eigenvalue weighted by atomic mass is 35.5. The van der Waals surface area contributed by atoms with Crippen molar-refractivity contribution in [3.8, 4) is 0 Å². The topological polar surface area (TPSA) is 66.5 Å². The molecule has 0 radical (unpaired) electrons. The first kappa shape index (κ1) is 16.4. The van der Waals surface area contributed by atoms with Crippen LogP contribution in [0, 0.1) is 0 Å². The third-order valence-electron chi connectivity index (χ3n) is 4.97. The van der Waals surface area contributed by atoms with Gasteiger partial charge in [-0.15, -0.1) is 0 Å². The molecular weight excluding hydrogens is 360 g/mol. The Kier molecular flexibility index (Phi) is 3.43. The molecule has 0 aliphatic carbocycles. The van der Waals surface area contributed by atoms with Crippen molar-refractivity contribution in [2.45, 2.75) is 30.6 Å². The Balaban J connectivity index is 1.81. The summed E-state index contributed by atoms with van der Waals surface area (Å²) in [6, 6.07) is 10.1. The number of benzene rings is 2. The molecule has 2 aromatic carbocycles. The van der Waals surface area contributed by atoms with E-state index in [1.807, 2.05) is 6.07 Å². The number of halogens is 1. The van der Waals surface area contributed by atoms with Crippen molar-refractivity contribution in [3.05, 3.63) is 52.5 Å². The van der Waals surface area contributed by atoms with Gasteiger partial charge in [-0.05, 0) is 61.7 Å². The van der Waals surface area contributed by atoms with Crippen molar-refractivity contribution in [3.63, 3.8) is 0 Å². The molecule has 0 fully saturated rings. The summed E-state index contributed by atoms with van der Waals surface area (Å²) < 4.78 is 27.8. The molecule has 0 saturated carbocycles.